The molecule has 4 heteroatoms. The monoisotopic (exact) mass is 228 g/mol. The second kappa shape index (κ2) is 5.03. The van der Waals surface area contributed by atoms with E-state index in [1.165, 1.54) is 0 Å². The average molecular weight is 228 g/mol. The zero-order chi connectivity index (χ0) is 11.5. The maximum atomic E-state index is 5.67. The van der Waals surface area contributed by atoms with Crippen molar-refractivity contribution in [1.29, 1.82) is 0 Å². The molecule has 0 aliphatic heterocycles. The van der Waals surface area contributed by atoms with Gasteiger partial charge in [0, 0.05) is 5.75 Å². The first-order valence-electron chi connectivity index (χ1n) is 5.21. The molecule has 0 saturated carbocycles. The summed E-state index contributed by atoms with van der Waals surface area (Å²) < 4.78 is 5.48. The second-order valence-corrected chi connectivity index (χ2v) is 5.63. The lowest BCUT2D eigenvalue weighted by Crippen LogP contribution is -2.23. The molecule has 0 bridgehead atoms. The van der Waals surface area contributed by atoms with E-state index < -0.39 is 0 Å². The van der Waals surface area contributed by atoms with Crippen LogP contribution in [0, 0.1) is 19.3 Å². The van der Waals surface area contributed by atoms with Crippen LogP contribution in [-0.4, -0.2) is 17.3 Å². The molecule has 86 valence electrons. The molecule has 1 rings (SSSR count). The minimum atomic E-state index is 0.212. The van der Waals surface area contributed by atoms with E-state index in [0.717, 1.165) is 35.4 Å². The predicted molar refractivity (Wildman–Crippen MR) is 64.2 cm³/mol. The van der Waals surface area contributed by atoms with Crippen molar-refractivity contribution >= 4 is 11.8 Å². The number of aromatic nitrogens is 1. The van der Waals surface area contributed by atoms with E-state index in [1.807, 2.05) is 13.8 Å². The number of oxazole rings is 1. The van der Waals surface area contributed by atoms with Gasteiger partial charge in [0.2, 0.25) is 0 Å². The van der Waals surface area contributed by atoms with Crippen LogP contribution in [0.15, 0.2) is 9.64 Å². The molecule has 0 atom stereocenters. The number of hydrogen-bond donors (Lipinski definition) is 1. The van der Waals surface area contributed by atoms with Crippen molar-refractivity contribution in [3.05, 3.63) is 11.5 Å². The minimum absolute atomic E-state index is 0.212. The largest absolute Gasteiger partial charge is 0.437 e. The van der Waals surface area contributed by atoms with Crippen LogP contribution in [0.3, 0.4) is 0 Å². The standard InChI is InChI=1S/C11H20N2OS/c1-8-9(2)14-10(13-8)15-6-5-11(3,4)7-12/h5-7,12H2,1-4H3. The molecule has 1 aromatic heterocycles. The van der Waals surface area contributed by atoms with Crippen LogP contribution in [0.25, 0.3) is 0 Å². The smallest absolute Gasteiger partial charge is 0.256 e. The van der Waals surface area contributed by atoms with Crippen molar-refractivity contribution in [3.63, 3.8) is 0 Å². The van der Waals surface area contributed by atoms with Crippen LogP contribution < -0.4 is 5.73 Å². The van der Waals surface area contributed by atoms with Crippen molar-refractivity contribution in [2.75, 3.05) is 12.3 Å². The lowest BCUT2D eigenvalue weighted by atomic mass is 9.91. The van der Waals surface area contributed by atoms with Crippen molar-refractivity contribution in [1.82, 2.24) is 4.98 Å². The molecular formula is C11H20N2OS. The molecule has 0 aromatic carbocycles. The van der Waals surface area contributed by atoms with Crippen molar-refractivity contribution < 1.29 is 4.42 Å². The first kappa shape index (κ1) is 12.6. The Morgan fingerprint density at radius 3 is 2.53 bits per heavy atom. The third kappa shape index (κ3) is 3.87. The third-order valence-electron chi connectivity index (χ3n) is 2.57. The summed E-state index contributed by atoms with van der Waals surface area (Å²) in [5, 5.41) is 0.776. The van der Waals surface area contributed by atoms with Crippen LogP contribution in [0.5, 0.6) is 0 Å². The van der Waals surface area contributed by atoms with Crippen molar-refractivity contribution in [2.45, 2.75) is 39.3 Å². The fourth-order valence-corrected chi connectivity index (χ4v) is 2.24. The summed E-state index contributed by atoms with van der Waals surface area (Å²) in [5.41, 5.74) is 6.86. The maximum absolute atomic E-state index is 5.67. The Balaban J connectivity index is 2.38. The van der Waals surface area contributed by atoms with Crippen LogP contribution in [0.2, 0.25) is 0 Å². The molecule has 0 spiro atoms. The summed E-state index contributed by atoms with van der Waals surface area (Å²) >= 11 is 1.66. The molecule has 0 aliphatic rings. The van der Waals surface area contributed by atoms with E-state index >= 15 is 0 Å². The normalized spacial score (nSPS) is 12.1. The Bertz CT molecular complexity index is 301. The fourth-order valence-electron chi connectivity index (χ4n) is 1.02. The molecule has 0 fully saturated rings. The van der Waals surface area contributed by atoms with Gasteiger partial charge in [0.1, 0.15) is 5.76 Å². The Morgan fingerprint density at radius 1 is 1.40 bits per heavy atom. The predicted octanol–water partition coefficient (Wildman–Crippen LogP) is 2.76. The number of rotatable bonds is 5. The van der Waals surface area contributed by atoms with E-state index in [0.29, 0.717) is 0 Å². The van der Waals surface area contributed by atoms with E-state index in [-0.39, 0.29) is 5.41 Å². The van der Waals surface area contributed by atoms with Gasteiger partial charge in [0.25, 0.3) is 5.22 Å². The van der Waals surface area contributed by atoms with E-state index in [4.69, 9.17) is 10.2 Å². The molecule has 0 saturated heterocycles. The second-order valence-electron chi connectivity index (χ2n) is 4.59. The van der Waals surface area contributed by atoms with Gasteiger partial charge in [-0.05, 0) is 32.2 Å². The summed E-state index contributed by atoms with van der Waals surface area (Å²) in [6.07, 6.45) is 1.08. The fraction of sp³-hybridized carbons (Fsp3) is 0.727. The maximum Gasteiger partial charge on any atom is 0.256 e. The van der Waals surface area contributed by atoms with Gasteiger partial charge in [0.05, 0.1) is 5.69 Å². The zero-order valence-electron chi connectivity index (χ0n) is 9.96. The van der Waals surface area contributed by atoms with E-state index in [1.54, 1.807) is 11.8 Å². The number of thioether (sulfide) groups is 1. The summed E-state index contributed by atoms with van der Waals surface area (Å²) in [4.78, 5) is 4.32. The molecule has 1 heterocycles. The lowest BCUT2D eigenvalue weighted by molar-refractivity contribution is 0.367. The summed E-state index contributed by atoms with van der Waals surface area (Å²) in [5.74, 6) is 1.92. The number of nitrogens with zero attached hydrogens (tertiary/aromatic N) is 1. The van der Waals surface area contributed by atoms with Crippen LogP contribution in [0.4, 0.5) is 0 Å². The van der Waals surface area contributed by atoms with Gasteiger partial charge in [-0.25, -0.2) is 4.98 Å². The Morgan fingerprint density at radius 2 is 2.07 bits per heavy atom. The molecular weight excluding hydrogens is 208 g/mol. The summed E-state index contributed by atoms with van der Waals surface area (Å²) in [6, 6.07) is 0. The Labute approximate surface area is 95.8 Å². The SMILES string of the molecule is Cc1nc(SCCC(C)(C)CN)oc1C. The van der Waals surface area contributed by atoms with Gasteiger partial charge in [-0.2, -0.15) is 0 Å². The van der Waals surface area contributed by atoms with Gasteiger partial charge >= 0.3 is 0 Å². The molecule has 0 amide bonds. The quantitative estimate of drug-likeness (QED) is 0.787. The van der Waals surface area contributed by atoms with E-state index in [2.05, 4.69) is 18.8 Å². The van der Waals surface area contributed by atoms with Crippen LogP contribution in [0.1, 0.15) is 31.7 Å². The number of hydrogen-bond acceptors (Lipinski definition) is 4. The molecule has 1 aromatic rings. The van der Waals surface area contributed by atoms with Crippen LogP contribution in [-0.2, 0) is 0 Å². The van der Waals surface area contributed by atoms with Gasteiger partial charge in [-0.3, -0.25) is 0 Å². The highest BCUT2D eigenvalue weighted by Gasteiger charge is 2.16. The highest BCUT2D eigenvalue weighted by Crippen LogP contribution is 2.26. The Kier molecular flexibility index (Phi) is 4.22. The molecule has 0 aliphatic carbocycles. The van der Waals surface area contributed by atoms with Gasteiger partial charge in [-0.1, -0.05) is 25.6 Å². The van der Waals surface area contributed by atoms with E-state index in [9.17, 15) is 0 Å². The molecule has 0 radical (unpaired) electrons. The molecule has 0 unspecified atom stereocenters. The highest BCUT2D eigenvalue weighted by atomic mass is 32.2. The summed E-state index contributed by atoms with van der Waals surface area (Å²) in [7, 11) is 0. The first-order chi connectivity index (χ1) is 6.94. The lowest BCUT2D eigenvalue weighted by Gasteiger charge is -2.21. The molecule has 3 nitrogen and oxygen atoms in total. The highest BCUT2D eigenvalue weighted by molar-refractivity contribution is 7.99. The van der Waals surface area contributed by atoms with Crippen molar-refractivity contribution in [3.8, 4) is 0 Å². The summed E-state index contributed by atoms with van der Waals surface area (Å²) in [6.45, 7) is 8.99. The van der Waals surface area contributed by atoms with Gasteiger partial charge < -0.3 is 10.2 Å². The number of nitrogens with two attached hydrogens (primary N) is 1. The Hall–Kier alpha value is -0.480. The van der Waals surface area contributed by atoms with Gasteiger partial charge in [-0.15, -0.1) is 0 Å². The number of aryl methyl sites for hydroxylation is 2. The molecule has 2 N–H and O–H groups in total. The van der Waals surface area contributed by atoms with Crippen LogP contribution >= 0.6 is 11.8 Å². The zero-order valence-corrected chi connectivity index (χ0v) is 10.8. The third-order valence-corrected chi connectivity index (χ3v) is 3.40. The molecule has 15 heavy (non-hydrogen) atoms. The first-order valence-corrected chi connectivity index (χ1v) is 6.20. The topological polar surface area (TPSA) is 52.0 Å². The average Bonchev–Trinajstić information content (AvgIpc) is 2.46. The van der Waals surface area contributed by atoms with Crippen molar-refractivity contribution in [2.24, 2.45) is 11.1 Å². The minimum Gasteiger partial charge on any atom is -0.437 e. The van der Waals surface area contributed by atoms with Gasteiger partial charge in [0.15, 0.2) is 0 Å².